The first-order valence-corrected chi connectivity index (χ1v) is 10.0. The van der Waals surface area contributed by atoms with Crippen LogP contribution < -0.4 is 15.5 Å². The number of nitro benzene ring substituents is 1. The van der Waals surface area contributed by atoms with Crippen LogP contribution in [0.2, 0.25) is 5.02 Å². The molecule has 0 unspecified atom stereocenters. The Morgan fingerprint density at radius 3 is 2.38 bits per heavy atom. The summed E-state index contributed by atoms with van der Waals surface area (Å²) in [5.41, 5.74) is 2.11. The average Bonchev–Trinajstić information content (AvgIpc) is 2.78. The molecule has 2 amide bonds. The Kier molecular flexibility index (Phi) is 7.07. The van der Waals surface area contributed by atoms with Crippen LogP contribution in [-0.4, -0.2) is 30.8 Å². The van der Waals surface area contributed by atoms with E-state index in [1.165, 1.54) is 12.1 Å². The SMILES string of the molecule is CN(C)c1ccc(NC(=O)c2ccc(Cl)c([N+](=O)[O-])c2)cc1C(=O)NCc1ccccc1. The number of nitro groups is 1. The molecule has 3 aromatic carbocycles. The molecule has 0 spiro atoms. The van der Waals surface area contributed by atoms with E-state index in [9.17, 15) is 19.7 Å². The Morgan fingerprint density at radius 1 is 1.00 bits per heavy atom. The quantitative estimate of drug-likeness (QED) is 0.405. The predicted molar refractivity (Wildman–Crippen MR) is 124 cm³/mol. The van der Waals surface area contributed by atoms with Crippen LogP contribution in [0.15, 0.2) is 66.7 Å². The van der Waals surface area contributed by atoms with Crippen molar-refractivity contribution in [2.24, 2.45) is 0 Å². The van der Waals surface area contributed by atoms with E-state index in [-0.39, 0.29) is 22.2 Å². The van der Waals surface area contributed by atoms with Crippen LogP contribution in [0, 0.1) is 10.1 Å². The number of hydrogen-bond acceptors (Lipinski definition) is 5. The molecule has 3 aromatic rings. The van der Waals surface area contributed by atoms with Gasteiger partial charge in [-0.05, 0) is 35.9 Å². The van der Waals surface area contributed by atoms with Crippen LogP contribution in [0.1, 0.15) is 26.3 Å². The molecule has 0 aliphatic carbocycles. The maximum atomic E-state index is 12.9. The molecule has 0 radical (unpaired) electrons. The third kappa shape index (κ3) is 5.41. The maximum absolute atomic E-state index is 12.9. The third-order valence-corrected chi connectivity index (χ3v) is 5.00. The van der Waals surface area contributed by atoms with Gasteiger partial charge in [0.1, 0.15) is 5.02 Å². The van der Waals surface area contributed by atoms with Crippen LogP contribution in [-0.2, 0) is 6.54 Å². The highest BCUT2D eigenvalue weighted by Crippen LogP contribution is 2.27. The minimum absolute atomic E-state index is 0.0562. The van der Waals surface area contributed by atoms with Crippen LogP contribution in [0.5, 0.6) is 0 Å². The van der Waals surface area contributed by atoms with Crippen LogP contribution >= 0.6 is 11.6 Å². The maximum Gasteiger partial charge on any atom is 0.288 e. The summed E-state index contributed by atoms with van der Waals surface area (Å²) < 4.78 is 0. The lowest BCUT2D eigenvalue weighted by Gasteiger charge is -2.18. The standard InChI is InChI=1S/C23H21ClN4O4/c1-27(2)20-11-9-17(13-18(20)23(30)25-14-15-6-4-3-5-7-15)26-22(29)16-8-10-19(24)21(12-16)28(31)32/h3-13H,14H2,1-2H3,(H,25,30)(H,26,29). The summed E-state index contributed by atoms with van der Waals surface area (Å²) >= 11 is 5.81. The van der Waals surface area contributed by atoms with E-state index >= 15 is 0 Å². The molecule has 9 heteroatoms. The number of carbonyl (C=O) groups is 2. The first kappa shape index (κ1) is 22.8. The number of benzene rings is 3. The molecule has 3 rings (SSSR count). The Morgan fingerprint density at radius 2 is 1.72 bits per heavy atom. The number of hydrogen-bond donors (Lipinski definition) is 2. The average molecular weight is 453 g/mol. The molecule has 32 heavy (non-hydrogen) atoms. The highest BCUT2D eigenvalue weighted by molar-refractivity contribution is 6.32. The van der Waals surface area contributed by atoms with E-state index in [1.54, 1.807) is 23.1 Å². The zero-order chi connectivity index (χ0) is 23.3. The fourth-order valence-corrected chi connectivity index (χ4v) is 3.24. The van der Waals surface area contributed by atoms with Crippen molar-refractivity contribution in [3.63, 3.8) is 0 Å². The van der Waals surface area contributed by atoms with E-state index in [4.69, 9.17) is 11.6 Å². The number of amides is 2. The van der Waals surface area contributed by atoms with Gasteiger partial charge in [-0.1, -0.05) is 41.9 Å². The van der Waals surface area contributed by atoms with Crippen LogP contribution in [0.25, 0.3) is 0 Å². The molecule has 0 saturated heterocycles. The summed E-state index contributed by atoms with van der Waals surface area (Å²) in [4.78, 5) is 37.7. The molecule has 0 bridgehead atoms. The first-order chi connectivity index (χ1) is 15.3. The fourth-order valence-electron chi connectivity index (χ4n) is 3.06. The van der Waals surface area contributed by atoms with E-state index in [0.717, 1.165) is 11.6 Å². The van der Waals surface area contributed by atoms with Crippen molar-refractivity contribution < 1.29 is 14.5 Å². The van der Waals surface area contributed by atoms with Gasteiger partial charge in [-0.2, -0.15) is 0 Å². The van der Waals surface area contributed by atoms with Gasteiger partial charge in [-0.25, -0.2) is 0 Å². The Bertz CT molecular complexity index is 1170. The van der Waals surface area contributed by atoms with Crippen molar-refractivity contribution in [3.05, 3.63) is 98.6 Å². The lowest BCUT2D eigenvalue weighted by Crippen LogP contribution is -2.25. The molecule has 164 valence electrons. The smallest absolute Gasteiger partial charge is 0.288 e. The molecule has 0 saturated carbocycles. The molecule has 0 aromatic heterocycles. The number of nitrogens with one attached hydrogen (secondary N) is 2. The van der Waals surface area contributed by atoms with Crippen molar-refractivity contribution >= 4 is 40.5 Å². The fraction of sp³-hybridized carbons (Fsp3) is 0.130. The molecule has 8 nitrogen and oxygen atoms in total. The molecule has 0 fully saturated rings. The van der Waals surface area contributed by atoms with E-state index in [0.29, 0.717) is 23.5 Å². The molecule has 0 aliphatic heterocycles. The molecule has 0 heterocycles. The van der Waals surface area contributed by atoms with Crippen molar-refractivity contribution in [3.8, 4) is 0 Å². The molecule has 2 N–H and O–H groups in total. The Labute approximate surface area is 190 Å². The number of rotatable bonds is 7. The van der Waals surface area contributed by atoms with Crippen molar-refractivity contribution in [1.29, 1.82) is 0 Å². The monoisotopic (exact) mass is 452 g/mol. The second-order valence-corrected chi connectivity index (χ2v) is 7.58. The highest BCUT2D eigenvalue weighted by atomic mass is 35.5. The lowest BCUT2D eigenvalue weighted by atomic mass is 10.1. The molecular formula is C23H21ClN4O4. The number of anilines is 2. The summed E-state index contributed by atoms with van der Waals surface area (Å²) in [6, 6.07) is 18.3. The zero-order valence-electron chi connectivity index (χ0n) is 17.5. The highest BCUT2D eigenvalue weighted by Gasteiger charge is 2.18. The minimum Gasteiger partial charge on any atom is -0.377 e. The third-order valence-electron chi connectivity index (χ3n) is 4.68. The van der Waals surface area contributed by atoms with Gasteiger partial charge in [0.15, 0.2) is 0 Å². The minimum atomic E-state index is -0.653. The Hall–Kier alpha value is -3.91. The number of nitrogens with zero attached hydrogens (tertiary/aromatic N) is 2. The molecule has 0 aliphatic rings. The molecular weight excluding hydrogens is 432 g/mol. The summed E-state index contributed by atoms with van der Waals surface area (Å²) in [6.45, 7) is 0.359. The lowest BCUT2D eigenvalue weighted by molar-refractivity contribution is -0.384. The molecule has 0 atom stereocenters. The number of halogens is 1. The largest absolute Gasteiger partial charge is 0.377 e. The van der Waals surface area contributed by atoms with Gasteiger partial charge >= 0.3 is 0 Å². The van der Waals surface area contributed by atoms with Gasteiger partial charge in [0.2, 0.25) is 0 Å². The first-order valence-electron chi connectivity index (χ1n) is 9.65. The summed E-state index contributed by atoms with van der Waals surface area (Å²) in [7, 11) is 3.63. The number of carbonyl (C=O) groups excluding carboxylic acids is 2. The van der Waals surface area contributed by atoms with Gasteiger partial charge in [0.05, 0.1) is 10.5 Å². The van der Waals surface area contributed by atoms with E-state index in [2.05, 4.69) is 10.6 Å². The van der Waals surface area contributed by atoms with E-state index in [1.807, 2.05) is 44.4 Å². The van der Waals surface area contributed by atoms with Crippen molar-refractivity contribution in [1.82, 2.24) is 5.32 Å². The normalized spacial score (nSPS) is 10.3. The summed E-state index contributed by atoms with van der Waals surface area (Å²) in [5, 5.41) is 16.6. The van der Waals surface area contributed by atoms with Gasteiger partial charge in [-0.15, -0.1) is 0 Å². The van der Waals surface area contributed by atoms with Crippen LogP contribution in [0.3, 0.4) is 0 Å². The van der Waals surface area contributed by atoms with Gasteiger partial charge in [-0.3, -0.25) is 19.7 Å². The Balaban J connectivity index is 1.82. The van der Waals surface area contributed by atoms with E-state index < -0.39 is 10.8 Å². The summed E-state index contributed by atoms with van der Waals surface area (Å²) in [6.07, 6.45) is 0. The summed E-state index contributed by atoms with van der Waals surface area (Å²) in [5.74, 6) is -0.853. The van der Waals surface area contributed by atoms with Crippen LogP contribution in [0.4, 0.5) is 17.1 Å². The van der Waals surface area contributed by atoms with Crippen molar-refractivity contribution in [2.45, 2.75) is 6.54 Å². The van der Waals surface area contributed by atoms with Gasteiger partial charge in [0, 0.05) is 43.6 Å². The topological polar surface area (TPSA) is 105 Å². The second kappa shape index (κ2) is 9.93. The predicted octanol–water partition coefficient (Wildman–Crippen LogP) is 4.50. The van der Waals surface area contributed by atoms with Crippen molar-refractivity contribution in [2.75, 3.05) is 24.3 Å². The van der Waals surface area contributed by atoms with Gasteiger partial charge in [0.25, 0.3) is 17.5 Å². The van der Waals surface area contributed by atoms with Gasteiger partial charge < -0.3 is 15.5 Å². The zero-order valence-corrected chi connectivity index (χ0v) is 18.2. The second-order valence-electron chi connectivity index (χ2n) is 7.17.